The van der Waals surface area contributed by atoms with Crippen molar-refractivity contribution in [2.45, 2.75) is 6.92 Å². The van der Waals surface area contributed by atoms with Crippen molar-refractivity contribution < 1.29 is 9.47 Å². The topological polar surface area (TPSA) is 44.2 Å². The standard InChI is InChI=1S/C13H13ClN2O2/c1-8-15-11(7-13(14)16-8)10-6-9(17-2)4-5-12(10)18-3/h4-7H,1-3H3. The number of ether oxygens (including phenoxy) is 2. The van der Waals surface area contributed by atoms with E-state index in [1.54, 1.807) is 27.2 Å². The molecule has 1 aromatic carbocycles. The highest BCUT2D eigenvalue weighted by Crippen LogP contribution is 2.32. The van der Waals surface area contributed by atoms with E-state index in [0.29, 0.717) is 22.4 Å². The second-order valence-corrected chi connectivity index (χ2v) is 4.08. The Balaban J connectivity index is 2.60. The molecule has 0 bridgehead atoms. The summed E-state index contributed by atoms with van der Waals surface area (Å²) in [5, 5.41) is 0.405. The van der Waals surface area contributed by atoms with Crippen molar-refractivity contribution in [1.29, 1.82) is 0 Å². The lowest BCUT2D eigenvalue weighted by Gasteiger charge is -2.10. The molecule has 5 heteroatoms. The first-order valence-electron chi connectivity index (χ1n) is 5.37. The molecule has 0 aliphatic carbocycles. The summed E-state index contributed by atoms with van der Waals surface area (Å²) >= 11 is 5.95. The third-order valence-corrected chi connectivity index (χ3v) is 2.68. The lowest BCUT2D eigenvalue weighted by atomic mass is 10.1. The van der Waals surface area contributed by atoms with Crippen LogP contribution in [0.5, 0.6) is 11.5 Å². The van der Waals surface area contributed by atoms with Gasteiger partial charge in [0.2, 0.25) is 0 Å². The average molecular weight is 265 g/mol. The smallest absolute Gasteiger partial charge is 0.133 e. The number of aryl methyl sites for hydroxylation is 1. The molecule has 4 nitrogen and oxygen atoms in total. The number of nitrogens with zero attached hydrogens (tertiary/aromatic N) is 2. The molecule has 0 saturated heterocycles. The van der Waals surface area contributed by atoms with Crippen LogP contribution in [-0.2, 0) is 0 Å². The molecule has 18 heavy (non-hydrogen) atoms. The van der Waals surface area contributed by atoms with Crippen LogP contribution in [0.1, 0.15) is 5.82 Å². The van der Waals surface area contributed by atoms with Crippen LogP contribution in [0.15, 0.2) is 24.3 Å². The molecular formula is C13H13ClN2O2. The molecule has 0 N–H and O–H groups in total. The molecule has 0 aliphatic rings. The third-order valence-electron chi connectivity index (χ3n) is 2.49. The van der Waals surface area contributed by atoms with Gasteiger partial charge < -0.3 is 9.47 Å². The van der Waals surface area contributed by atoms with Gasteiger partial charge in [0.25, 0.3) is 0 Å². The maximum atomic E-state index is 5.95. The Kier molecular flexibility index (Phi) is 3.67. The molecule has 2 rings (SSSR count). The van der Waals surface area contributed by atoms with Crippen molar-refractivity contribution >= 4 is 11.6 Å². The fourth-order valence-electron chi connectivity index (χ4n) is 1.68. The number of rotatable bonds is 3. The van der Waals surface area contributed by atoms with Crippen LogP contribution in [-0.4, -0.2) is 24.2 Å². The van der Waals surface area contributed by atoms with Gasteiger partial charge in [0.15, 0.2) is 0 Å². The zero-order valence-corrected chi connectivity index (χ0v) is 11.2. The quantitative estimate of drug-likeness (QED) is 0.799. The zero-order valence-electron chi connectivity index (χ0n) is 10.4. The SMILES string of the molecule is COc1ccc(OC)c(-c2cc(Cl)nc(C)n2)c1. The Hall–Kier alpha value is -1.81. The first kappa shape index (κ1) is 12.6. The fraction of sp³-hybridized carbons (Fsp3) is 0.231. The zero-order chi connectivity index (χ0) is 13.1. The number of hydrogen-bond donors (Lipinski definition) is 0. The Morgan fingerprint density at radius 3 is 2.44 bits per heavy atom. The summed E-state index contributed by atoms with van der Waals surface area (Å²) in [7, 11) is 3.23. The minimum Gasteiger partial charge on any atom is -0.497 e. The van der Waals surface area contributed by atoms with E-state index in [1.165, 1.54) is 0 Å². The van der Waals surface area contributed by atoms with Crippen LogP contribution in [0.4, 0.5) is 0 Å². The van der Waals surface area contributed by atoms with E-state index >= 15 is 0 Å². The number of hydrogen-bond acceptors (Lipinski definition) is 4. The van der Waals surface area contributed by atoms with Gasteiger partial charge in [0, 0.05) is 11.6 Å². The molecule has 0 amide bonds. The molecule has 0 unspecified atom stereocenters. The minimum absolute atomic E-state index is 0.405. The monoisotopic (exact) mass is 264 g/mol. The van der Waals surface area contributed by atoms with Gasteiger partial charge in [-0.25, -0.2) is 9.97 Å². The summed E-state index contributed by atoms with van der Waals surface area (Å²) in [5.41, 5.74) is 1.53. The summed E-state index contributed by atoms with van der Waals surface area (Å²) in [6.07, 6.45) is 0. The van der Waals surface area contributed by atoms with Crippen LogP contribution in [0, 0.1) is 6.92 Å². The number of methoxy groups -OCH3 is 2. The van der Waals surface area contributed by atoms with E-state index in [1.807, 2.05) is 18.2 Å². The van der Waals surface area contributed by atoms with E-state index in [4.69, 9.17) is 21.1 Å². The predicted molar refractivity (Wildman–Crippen MR) is 70.3 cm³/mol. The molecule has 0 saturated carbocycles. The molecular weight excluding hydrogens is 252 g/mol. The number of aromatic nitrogens is 2. The molecule has 2 aromatic rings. The van der Waals surface area contributed by atoms with Crippen LogP contribution < -0.4 is 9.47 Å². The van der Waals surface area contributed by atoms with Gasteiger partial charge in [-0.3, -0.25) is 0 Å². The summed E-state index contributed by atoms with van der Waals surface area (Å²) in [6.45, 7) is 1.79. The second kappa shape index (κ2) is 5.23. The number of halogens is 1. The normalized spacial score (nSPS) is 10.2. The van der Waals surface area contributed by atoms with Crippen molar-refractivity contribution in [3.8, 4) is 22.8 Å². The van der Waals surface area contributed by atoms with Gasteiger partial charge in [-0.2, -0.15) is 0 Å². The average Bonchev–Trinajstić information content (AvgIpc) is 2.36. The molecule has 0 radical (unpaired) electrons. The van der Waals surface area contributed by atoms with Gasteiger partial charge in [-0.15, -0.1) is 0 Å². The maximum Gasteiger partial charge on any atom is 0.133 e. The van der Waals surface area contributed by atoms with Gasteiger partial charge in [0.1, 0.15) is 22.5 Å². The highest BCUT2D eigenvalue weighted by Gasteiger charge is 2.10. The van der Waals surface area contributed by atoms with Crippen LogP contribution >= 0.6 is 11.6 Å². The third kappa shape index (κ3) is 2.54. The van der Waals surface area contributed by atoms with E-state index in [2.05, 4.69) is 9.97 Å². The summed E-state index contributed by atoms with van der Waals surface area (Å²) in [6, 6.07) is 7.22. The van der Waals surface area contributed by atoms with Gasteiger partial charge in [-0.05, 0) is 25.1 Å². The molecule has 0 fully saturated rings. The Morgan fingerprint density at radius 2 is 1.83 bits per heavy atom. The molecule has 0 spiro atoms. The first-order valence-corrected chi connectivity index (χ1v) is 5.75. The summed E-state index contributed by atoms with van der Waals surface area (Å²) < 4.78 is 10.5. The van der Waals surface area contributed by atoms with Crippen LogP contribution in [0.3, 0.4) is 0 Å². The van der Waals surface area contributed by atoms with E-state index < -0.39 is 0 Å². The minimum atomic E-state index is 0.405. The summed E-state index contributed by atoms with van der Waals surface area (Å²) in [5.74, 6) is 2.06. The molecule has 0 aliphatic heterocycles. The van der Waals surface area contributed by atoms with Crippen LogP contribution in [0.2, 0.25) is 5.15 Å². The molecule has 1 aromatic heterocycles. The van der Waals surface area contributed by atoms with E-state index in [-0.39, 0.29) is 0 Å². The summed E-state index contributed by atoms with van der Waals surface area (Å²) in [4.78, 5) is 8.40. The largest absolute Gasteiger partial charge is 0.497 e. The van der Waals surface area contributed by atoms with E-state index in [0.717, 1.165) is 11.3 Å². The van der Waals surface area contributed by atoms with Gasteiger partial charge >= 0.3 is 0 Å². The second-order valence-electron chi connectivity index (χ2n) is 3.69. The maximum absolute atomic E-state index is 5.95. The van der Waals surface area contributed by atoms with E-state index in [9.17, 15) is 0 Å². The first-order chi connectivity index (χ1) is 8.63. The predicted octanol–water partition coefficient (Wildman–Crippen LogP) is 3.12. The molecule has 1 heterocycles. The van der Waals surface area contributed by atoms with Crippen molar-refractivity contribution in [2.24, 2.45) is 0 Å². The molecule has 94 valence electrons. The number of benzene rings is 1. The van der Waals surface area contributed by atoms with Crippen molar-refractivity contribution in [1.82, 2.24) is 9.97 Å². The fourth-order valence-corrected chi connectivity index (χ4v) is 1.91. The van der Waals surface area contributed by atoms with Crippen molar-refractivity contribution in [3.05, 3.63) is 35.2 Å². The Bertz CT molecular complexity index is 553. The lowest BCUT2D eigenvalue weighted by molar-refractivity contribution is 0.404. The highest BCUT2D eigenvalue weighted by molar-refractivity contribution is 6.29. The molecule has 0 atom stereocenters. The lowest BCUT2D eigenvalue weighted by Crippen LogP contribution is -1.95. The highest BCUT2D eigenvalue weighted by atomic mass is 35.5. The van der Waals surface area contributed by atoms with Crippen LogP contribution in [0.25, 0.3) is 11.3 Å². The Labute approximate surface area is 111 Å². The van der Waals surface area contributed by atoms with Gasteiger partial charge in [0.05, 0.1) is 19.9 Å². The van der Waals surface area contributed by atoms with Crippen molar-refractivity contribution in [2.75, 3.05) is 14.2 Å². The Morgan fingerprint density at radius 1 is 1.06 bits per heavy atom. The van der Waals surface area contributed by atoms with Gasteiger partial charge in [-0.1, -0.05) is 11.6 Å². The van der Waals surface area contributed by atoms with Crippen molar-refractivity contribution in [3.63, 3.8) is 0 Å².